The Morgan fingerprint density at radius 1 is 1.11 bits per heavy atom. The van der Waals surface area contributed by atoms with Crippen molar-refractivity contribution >= 4 is 40.5 Å². The van der Waals surface area contributed by atoms with E-state index in [-0.39, 0.29) is 41.3 Å². The molecule has 0 heterocycles. The maximum atomic E-state index is 12.1. The molecule has 0 aromatic heterocycles. The summed E-state index contributed by atoms with van der Waals surface area (Å²) in [4.78, 5) is 35.0. The summed E-state index contributed by atoms with van der Waals surface area (Å²) in [7, 11) is 3.26. The highest BCUT2D eigenvalue weighted by molar-refractivity contribution is 6.34. The van der Waals surface area contributed by atoms with E-state index in [1.807, 2.05) is 0 Å². The number of nitrogens with one attached hydrogen (secondary N) is 3. The first-order valence-corrected chi connectivity index (χ1v) is 8.65. The number of quaternary nitrogens is 1. The van der Waals surface area contributed by atoms with E-state index in [1.165, 1.54) is 12.1 Å². The van der Waals surface area contributed by atoms with Gasteiger partial charge in [-0.3, -0.25) is 19.7 Å². The number of nitro benzene ring substituents is 1. The maximum Gasteiger partial charge on any atom is 0.279 e. The van der Waals surface area contributed by atoms with Crippen molar-refractivity contribution in [1.82, 2.24) is 0 Å². The van der Waals surface area contributed by atoms with Gasteiger partial charge in [0.2, 0.25) is 0 Å². The molecule has 0 aliphatic rings. The number of amides is 2. The number of rotatable bonds is 8. The van der Waals surface area contributed by atoms with E-state index in [2.05, 4.69) is 10.6 Å². The van der Waals surface area contributed by atoms with Gasteiger partial charge in [0.25, 0.3) is 17.5 Å². The van der Waals surface area contributed by atoms with Crippen LogP contribution in [0.1, 0.15) is 0 Å². The monoisotopic (exact) mass is 407 g/mol. The molecule has 0 saturated heterocycles. The summed E-state index contributed by atoms with van der Waals surface area (Å²) in [6.07, 6.45) is 0. The molecule has 0 fully saturated rings. The summed E-state index contributed by atoms with van der Waals surface area (Å²) in [5, 5.41) is 16.1. The van der Waals surface area contributed by atoms with E-state index in [0.717, 1.165) is 6.07 Å². The second kappa shape index (κ2) is 9.67. The Hall–Kier alpha value is -3.17. The molecule has 0 saturated carbocycles. The van der Waals surface area contributed by atoms with Crippen LogP contribution >= 0.6 is 11.6 Å². The average molecular weight is 408 g/mol. The fraction of sp³-hybridized carbons (Fsp3) is 0.222. The van der Waals surface area contributed by atoms with Gasteiger partial charge in [0.1, 0.15) is 5.75 Å². The highest BCUT2D eigenvalue weighted by Crippen LogP contribution is 2.26. The third kappa shape index (κ3) is 6.22. The first-order chi connectivity index (χ1) is 13.3. The largest absolute Gasteiger partial charge is 0.497 e. The number of carbonyl (C=O) groups excluding carboxylic acids is 2. The molecule has 0 radical (unpaired) electrons. The van der Waals surface area contributed by atoms with Gasteiger partial charge < -0.3 is 20.3 Å². The van der Waals surface area contributed by atoms with Crippen molar-refractivity contribution in [3.05, 3.63) is 57.6 Å². The van der Waals surface area contributed by atoms with E-state index in [4.69, 9.17) is 16.3 Å². The van der Waals surface area contributed by atoms with Crippen molar-refractivity contribution in [3.8, 4) is 5.75 Å². The van der Waals surface area contributed by atoms with E-state index in [0.29, 0.717) is 16.3 Å². The fourth-order valence-corrected chi connectivity index (χ4v) is 2.63. The lowest BCUT2D eigenvalue weighted by Crippen LogP contribution is -3.11. The molecule has 0 aliphatic heterocycles. The number of nitro groups is 1. The van der Waals surface area contributed by atoms with Crippen LogP contribution in [0.25, 0.3) is 0 Å². The first-order valence-electron chi connectivity index (χ1n) is 8.27. The lowest BCUT2D eigenvalue weighted by atomic mass is 10.3. The van der Waals surface area contributed by atoms with Crippen molar-refractivity contribution in [2.45, 2.75) is 0 Å². The average Bonchev–Trinajstić information content (AvgIpc) is 2.63. The molecule has 0 aliphatic carbocycles. The lowest BCUT2D eigenvalue weighted by Gasteiger charge is -2.14. The molecule has 1 atom stereocenters. The summed E-state index contributed by atoms with van der Waals surface area (Å²) in [5.74, 6) is 0.0663. The van der Waals surface area contributed by atoms with Crippen molar-refractivity contribution < 1.29 is 24.1 Å². The molecule has 9 nitrogen and oxygen atoms in total. The van der Waals surface area contributed by atoms with Crippen molar-refractivity contribution in [2.24, 2.45) is 0 Å². The minimum absolute atomic E-state index is 0.0172. The van der Waals surface area contributed by atoms with E-state index < -0.39 is 4.92 Å². The zero-order chi connectivity index (χ0) is 20.7. The number of carbonyl (C=O) groups is 2. The Bertz CT molecular complexity index is 873. The molecule has 148 valence electrons. The molecule has 2 aromatic rings. The summed E-state index contributed by atoms with van der Waals surface area (Å²) in [6, 6.07) is 10.7. The first kappa shape index (κ1) is 21.1. The van der Waals surface area contributed by atoms with Crippen LogP contribution in [0.2, 0.25) is 5.02 Å². The smallest absolute Gasteiger partial charge is 0.279 e. The fourth-order valence-electron chi connectivity index (χ4n) is 2.40. The van der Waals surface area contributed by atoms with Crippen LogP contribution in [-0.2, 0) is 9.59 Å². The van der Waals surface area contributed by atoms with Gasteiger partial charge in [-0.25, -0.2) is 0 Å². The third-order valence-corrected chi connectivity index (χ3v) is 4.05. The minimum Gasteiger partial charge on any atom is -0.497 e. The Balaban J connectivity index is 1.84. The number of anilines is 2. The maximum absolute atomic E-state index is 12.1. The van der Waals surface area contributed by atoms with Crippen LogP contribution < -0.4 is 20.3 Å². The van der Waals surface area contributed by atoms with Crippen LogP contribution in [0.4, 0.5) is 17.1 Å². The zero-order valence-corrected chi connectivity index (χ0v) is 16.1. The quantitative estimate of drug-likeness (QED) is 0.451. The van der Waals surface area contributed by atoms with Crippen molar-refractivity contribution in [3.63, 3.8) is 0 Å². The van der Waals surface area contributed by atoms with Crippen molar-refractivity contribution in [2.75, 3.05) is 37.9 Å². The Kier molecular flexibility index (Phi) is 7.30. The van der Waals surface area contributed by atoms with Crippen LogP contribution in [0.15, 0.2) is 42.5 Å². The zero-order valence-electron chi connectivity index (χ0n) is 15.3. The summed E-state index contributed by atoms with van der Waals surface area (Å²) in [6.45, 7) is 0.0940. The van der Waals surface area contributed by atoms with Crippen LogP contribution in [0.3, 0.4) is 0 Å². The number of non-ortho nitro benzene ring substituents is 1. The summed E-state index contributed by atoms with van der Waals surface area (Å²) >= 11 is 5.95. The van der Waals surface area contributed by atoms with E-state index >= 15 is 0 Å². The van der Waals surface area contributed by atoms with Gasteiger partial charge in [-0.2, -0.15) is 0 Å². The van der Waals surface area contributed by atoms with Gasteiger partial charge in [0.15, 0.2) is 13.1 Å². The highest BCUT2D eigenvalue weighted by atomic mass is 35.5. The van der Waals surface area contributed by atoms with Crippen LogP contribution in [0.5, 0.6) is 5.75 Å². The van der Waals surface area contributed by atoms with Crippen LogP contribution in [0, 0.1) is 10.1 Å². The number of methoxy groups -OCH3 is 1. The predicted molar refractivity (Wildman–Crippen MR) is 105 cm³/mol. The number of hydrogen-bond acceptors (Lipinski definition) is 5. The van der Waals surface area contributed by atoms with Gasteiger partial charge in [-0.1, -0.05) is 11.6 Å². The standard InChI is InChI=1S/C18H19ClN4O5/c1-22(10-17(24)20-12-3-6-14(28-2)7-4-12)11-18(25)21-16-8-5-13(23(26)27)9-15(16)19/h3-9H,10-11H2,1-2H3,(H,20,24)(H,21,25)/p+1. The molecular formula is C18H20ClN4O5+. The number of nitrogens with zero attached hydrogens (tertiary/aromatic N) is 1. The second-order valence-corrected chi connectivity index (χ2v) is 6.46. The van der Waals surface area contributed by atoms with Gasteiger partial charge in [-0.05, 0) is 30.3 Å². The molecule has 2 amide bonds. The number of likely N-dealkylation sites (N-methyl/N-ethyl adjacent to an activating group) is 1. The SMILES string of the molecule is COc1ccc(NC(=O)C[NH+](C)CC(=O)Nc2ccc([N+](=O)[O-])cc2Cl)cc1. The number of benzene rings is 2. The molecule has 2 rings (SSSR count). The topological polar surface area (TPSA) is 115 Å². The molecular weight excluding hydrogens is 388 g/mol. The molecule has 2 aromatic carbocycles. The van der Waals surface area contributed by atoms with Gasteiger partial charge in [0, 0.05) is 17.8 Å². The van der Waals surface area contributed by atoms with Gasteiger partial charge >= 0.3 is 0 Å². The van der Waals surface area contributed by atoms with E-state index in [1.54, 1.807) is 38.4 Å². The number of hydrogen-bond donors (Lipinski definition) is 3. The Labute approximate surface area is 166 Å². The number of halogens is 1. The minimum atomic E-state index is -0.573. The predicted octanol–water partition coefficient (Wildman–Crippen LogP) is 1.35. The number of ether oxygens (including phenoxy) is 1. The van der Waals surface area contributed by atoms with E-state index in [9.17, 15) is 19.7 Å². The highest BCUT2D eigenvalue weighted by Gasteiger charge is 2.16. The summed E-state index contributed by atoms with van der Waals surface area (Å²) in [5.41, 5.74) is 0.731. The second-order valence-electron chi connectivity index (χ2n) is 6.06. The molecule has 1 unspecified atom stereocenters. The molecule has 0 spiro atoms. The molecule has 28 heavy (non-hydrogen) atoms. The van der Waals surface area contributed by atoms with Gasteiger partial charge in [0.05, 0.1) is 29.8 Å². The van der Waals surface area contributed by atoms with Crippen molar-refractivity contribution in [1.29, 1.82) is 0 Å². The molecule has 10 heteroatoms. The van der Waals surface area contributed by atoms with Gasteiger partial charge in [-0.15, -0.1) is 0 Å². The van der Waals surface area contributed by atoms with Crippen LogP contribution in [-0.4, -0.2) is 44.0 Å². The normalized spacial score (nSPS) is 11.4. The third-order valence-electron chi connectivity index (χ3n) is 3.74. The lowest BCUT2D eigenvalue weighted by molar-refractivity contribution is -0.862. The molecule has 3 N–H and O–H groups in total. The Morgan fingerprint density at radius 3 is 2.25 bits per heavy atom. The molecule has 0 bridgehead atoms. The summed E-state index contributed by atoms with van der Waals surface area (Å²) < 4.78 is 5.05. The Morgan fingerprint density at radius 2 is 1.71 bits per heavy atom.